The highest BCUT2D eigenvalue weighted by Crippen LogP contribution is 2.16. The van der Waals surface area contributed by atoms with Crippen molar-refractivity contribution in [2.75, 3.05) is 13.1 Å². The molecule has 1 saturated heterocycles. The van der Waals surface area contributed by atoms with Gasteiger partial charge < -0.3 is 4.90 Å². The lowest BCUT2D eigenvalue weighted by molar-refractivity contribution is 0.0793. The van der Waals surface area contributed by atoms with Crippen LogP contribution < -0.4 is 5.56 Å². The van der Waals surface area contributed by atoms with Crippen molar-refractivity contribution in [2.45, 2.75) is 19.4 Å². The van der Waals surface area contributed by atoms with Gasteiger partial charge in [-0.15, -0.1) is 0 Å². The van der Waals surface area contributed by atoms with Gasteiger partial charge in [-0.1, -0.05) is 23.7 Å². The number of hydrogen-bond acceptors (Lipinski definition) is 3. The summed E-state index contributed by atoms with van der Waals surface area (Å²) in [5.74, 6) is 0.0771. The van der Waals surface area contributed by atoms with E-state index in [2.05, 4.69) is 4.98 Å². The fraction of sp³-hybridized carbons (Fsp3) is 0.250. The average molecular weight is 368 g/mol. The number of carbonyl (C=O) groups excluding carboxylic acids is 1. The summed E-state index contributed by atoms with van der Waals surface area (Å²) >= 11 is 5.99. The maximum absolute atomic E-state index is 12.6. The van der Waals surface area contributed by atoms with E-state index < -0.39 is 0 Å². The molecule has 4 rings (SSSR count). The van der Waals surface area contributed by atoms with Crippen molar-refractivity contribution in [3.05, 3.63) is 75.3 Å². The second-order valence-corrected chi connectivity index (χ2v) is 6.97. The van der Waals surface area contributed by atoms with Crippen molar-refractivity contribution in [2.24, 2.45) is 0 Å². The second-order valence-electron chi connectivity index (χ2n) is 6.54. The zero-order valence-electron chi connectivity index (χ0n) is 14.2. The van der Waals surface area contributed by atoms with Crippen molar-refractivity contribution in [1.82, 2.24) is 14.5 Å². The lowest BCUT2D eigenvalue weighted by Crippen LogP contribution is -2.27. The van der Waals surface area contributed by atoms with Crippen LogP contribution in [0.2, 0.25) is 5.02 Å². The van der Waals surface area contributed by atoms with Gasteiger partial charge in [-0.25, -0.2) is 4.98 Å². The predicted molar refractivity (Wildman–Crippen MR) is 102 cm³/mol. The Morgan fingerprint density at radius 1 is 1.08 bits per heavy atom. The molecule has 0 bridgehead atoms. The van der Waals surface area contributed by atoms with Crippen LogP contribution in [0.25, 0.3) is 10.9 Å². The number of aromatic nitrogens is 2. The molecule has 2 heterocycles. The summed E-state index contributed by atoms with van der Waals surface area (Å²) in [5.41, 5.74) is 2.12. The normalized spacial score (nSPS) is 14.1. The molecule has 1 fully saturated rings. The molecule has 5 nitrogen and oxygen atoms in total. The number of nitrogens with zero attached hydrogens (tertiary/aromatic N) is 3. The van der Waals surface area contributed by atoms with Crippen LogP contribution in [0.1, 0.15) is 28.8 Å². The van der Waals surface area contributed by atoms with Gasteiger partial charge in [-0.3, -0.25) is 14.2 Å². The van der Waals surface area contributed by atoms with Crippen LogP contribution in [0.4, 0.5) is 0 Å². The fourth-order valence-corrected chi connectivity index (χ4v) is 3.47. The first-order valence-corrected chi connectivity index (χ1v) is 9.02. The minimum absolute atomic E-state index is 0.0771. The Bertz CT molecular complexity index is 1020. The molecule has 0 N–H and O–H groups in total. The highest BCUT2D eigenvalue weighted by atomic mass is 35.5. The molecule has 1 aromatic heterocycles. The van der Waals surface area contributed by atoms with Crippen molar-refractivity contribution < 1.29 is 4.79 Å². The molecular formula is C20H18ClN3O2. The van der Waals surface area contributed by atoms with E-state index in [1.807, 2.05) is 29.2 Å². The molecule has 0 radical (unpaired) electrons. The van der Waals surface area contributed by atoms with Gasteiger partial charge in [0.25, 0.3) is 11.5 Å². The van der Waals surface area contributed by atoms with Gasteiger partial charge in [0.2, 0.25) is 0 Å². The minimum Gasteiger partial charge on any atom is -0.339 e. The Hall–Kier alpha value is -2.66. The van der Waals surface area contributed by atoms with Crippen molar-refractivity contribution >= 4 is 28.4 Å². The maximum Gasteiger partial charge on any atom is 0.261 e. The Morgan fingerprint density at radius 3 is 2.54 bits per heavy atom. The molecule has 0 aliphatic carbocycles. The number of amides is 1. The number of fused-ring (bicyclic) bond motifs is 1. The molecular weight excluding hydrogens is 350 g/mol. The number of carbonyl (C=O) groups is 1. The van der Waals surface area contributed by atoms with Gasteiger partial charge in [0.1, 0.15) is 0 Å². The Kier molecular flexibility index (Phi) is 4.47. The smallest absolute Gasteiger partial charge is 0.261 e. The zero-order chi connectivity index (χ0) is 18.1. The van der Waals surface area contributed by atoms with E-state index in [4.69, 9.17) is 11.6 Å². The van der Waals surface area contributed by atoms with Gasteiger partial charge in [0.05, 0.1) is 23.8 Å². The fourth-order valence-electron chi connectivity index (χ4n) is 3.30. The molecule has 0 saturated carbocycles. The van der Waals surface area contributed by atoms with E-state index in [0.717, 1.165) is 31.5 Å². The zero-order valence-corrected chi connectivity index (χ0v) is 14.9. The summed E-state index contributed by atoms with van der Waals surface area (Å²) in [7, 11) is 0. The molecule has 1 amide bonds. The number of rotatable bonds is 3. The van der Waals surface area contributed by atoms with E-state index in [1.165, 1.54) is 0 Å². The quantitative estimate of drug-likeness (QED) is 0.713. The standard InChI is InChI=1S/C20H18ClN3O2/c21-16-7-8-18-17(11-16)20(26)24(13-22-18)12-14-3-5-15(6-4-14)19(25)23-9-1-2-10-23/h3-8,11,13H,1-2,9-10,12H2. The van der Waals surface area contributed by atoms with Gasteiger partial charge in [0.15, 0.2) is 0 Å². The van der Waals surface area contributed by atoms with E-state index in [-0.39, 0.29) is 11.5 Å². The summed E-state index contributed by atoms with van der Waals surface area (Å²) < 4.78 is 1.55. The van der Waals surface area contributed by atoms with E-state index in [0.29, 0.717) is 28.0 Å². The third-order valence-corrected chi connectivity index (χ3v) is 4.97. The topological polar surface area (TPSA) is 55.2 Å². The van der Waals surface area contributed by atoms with Crippen molar-refractivity contribution in [3.8, 4) is 0 Å². The van der Waals surface area contributed by atoms with Crippen LogP contribution in [0.15, 0.2) is 53.6 Å². The van der Waals surface area contributed by atoms with Crippen LogP contribution in [-0.2, 0) is 6.54 Å². The molecule has 1 aliphatic heterocycles. The Labute approximate surface area is 155 Å². The van der Waals surface area contributed by atoms with Gasteiger partial charge >= 0.3 is 0 Å². The largest absolute Gasteiger partial charge is 0.339 e. The molecule has 0 unspecified atom stereocenters. The SMILES string of the molecule is O=C(c1ccc(Cn2cnc3ccc(Cl)cc3c2=O)cc1)N1CCCC1. The van der Waals surface area contributed by atoms with Gasteiger partial charge in [0, 0.05) is 23.7 Å². The molecule has 0 atom stereocenters. The summed E-state index contributed by atoms with van der Waals surface area (Å²) in [6, 6.07) is 12.5. The maximum atomic E-state index is 12.6. The van der Waals surface area contributed by atoms with Crippen molar-refractivity contribution in [3.63, 3.8) is 0 Å². The molecule has 3 aromatic rings. The van der Waals surface area contributed by atoms with E-state index in [1.54, 1.807) is 29.1 Å². The summed E-state index contributed by atoms with van der Waals surface area (Å²) in [6.45, 7) is 2.06. The first-order chi connectivity index (χ1) is 12.6. The second kappa shape index (κ2) is 6.92. The monoisotopic (exact) mass is 367 g/mol. The number of benzene rings is 2. The van der Waals surface area contributed by atoms with E-state index >= 15 is 0 Å². The molecule has 1 aliphatic rings. The first kappa shape index (κ1) is 16.8. The average Bonchev–Trinajstić information content (AvgIpc) is 3.19. The van der Waals surface area contributed by atoms with Gasteiger partial charge in [-0.05, 0) is 48.7 Å². The summed E-state index contributed by atoms with van der Waals surface area (Å²) in [4.78, 5) is 31.2. The van der Waals surface area contributed by atoms with Gasteiger partial charge in [-0.2, -0.15) is 0 Å². The highest BCUT2D eigenvalue weighted by Gasteiger charge is 2.19. The summed E-state index contributed by atoms with van der Waals surface area (Å²) in [6.07, 6.45) is 3.69. The third-order valence-electron chi connectivity index (χ3n) is 4.73. The van der Waals surface area contributed by atoms with Crippen LogP contribution >= 0.6 is 11.6 Å². The molecule has 6 heteroatoms. The van der Waals surface area contributed by atoms with Crippen LogP contribution in [0.3, 0.4) is 0 Å². The highest BCUT2D eigenvalue weighted by molar-refractivity contribution is 6.31. The number of hydrogen-bond donors (Lipinski definition) is 0. The molecule has 26 heavy (non-hydrogen) atoms. The first-order valence-electron chi connectivity index (χ1n) is 8.65. The Balaban J connectivity index is 1.57. The summed E-state index contributed by atoms with van der Waals surface area (Å²) in [5, 5.41) is 1.01. The lowest BCUT2D eigenvalue weighted by Gasteiger charge is -2.15. The predicted octanol–water partition coefficient (Wildman–Crippen LogP) is 3.33. The lowest BCUT2D eigenvalue weighted by atomic mass is 10.1. The number of halogens is 1. The van der Waals surface area contributed by atoms with Crippen LogP contribution in [-0.4, -0.2) is 33.4 Å². The molecule has 2 aromatic carbocycles. The van der Waals surface area contributed by atoms with Crippen LogP contribution in [0, 0.1) is 0 Å². The molecule has 0 spiro atoms. The number of likely N-dealkylation sites (tertiary alicyclic amines) is 1. The molecule has 132 valence electrons. The minimum atomic E-state index is -0.130. The Morgan fingerprint density at radius 2 is 1.81 bits per heavy atom. The van der Waals surface area contributed by atoms with E-state index in [9.17, 15) is 9.59 Å². The third kappa shape index (κ3) is 3.22. The van der Waals surface area contributed by atoms with Crippen molar-refractivity contribution in [1.29, 1.82) is 0 Å². The van der Waals surface area contributed by atoms with Crippen LogP contribution in [0.5, 0.6) is 0 Å².